The van der Waals surface area contributed by atoms with E-state index >= 15 is 0 Å². The van der Waals surface area contributed by atoms with Gasteiger partial charge in [0.25, 0.3) is 0 Å². The van der Waals surface area contributed by atoms with Crippen LogP contribution in [0.15, 0.2) is 128 Å². The highest BCUT2D eigenvalue weighted by Crippen LogP contribution is 2.65. The SMILES string of the molecule is CCc1cccc(CC)c1-c1ccc(C2(C)CC2(C)C)c(-c2nccn2-c2ccc(-c3ccccc3)cc2Cc2ccccc2)c1. The summed E-state index contributed by atoms with van der Waals surface area (Å²) in [4.78, 5) is 5.12. The van der Waals surface area contributed by atoms with E-state index in [2.05, 4.69) is 161 Å². The van der Waals surface area contributed by atoms with Crippen molar-refractivity contribution in [3.63, 3.8) is 0 Å². The molecule has 230 valence electrons. The average molecular weight is 601 g/mol. The van der Waals surface area contributed by atoms with Crippen molar-refractivity contribution in [2.45, 2.75) is 65.7 Å². The Balaban J connectivity index is 1.43. The molecule has 1 aliphatic carbocycles. The van der Waals surface area contributed by atoms with Crippen LogP contribution in [0.4, 0.5) is 0 Å². The summed E-state index contributed by atoms with van der Waals surface area (Å²) < 4.78 is 2.33. The average Bonchev–Trinajstić information content (AvgIpc) is 3.37. The van der Waals surface area contributed by atoms with Crippen molar-refractivity contribution in [2.24, 2.45) is 5.41 Å². The Hall–Kier alpha value is -4.69. The minimum absolute atomic E-state index is 0.0968. The summed E-state index contributed by atoms with van der Waals surface area (Å²) in [5.74, 6) is 1.01. The molecule has 6 aromatic rings. The number of aryl methyl sites for hydroxylation is 2. The van der Waals surface area contributed by atoms with Gasteiger partial charge in [-0.2, -0.15) is 0 Å². The number of rotatable bonds is 9. The van der Waals surface area contributed by atoms with Crippen molar-refractivity contribution in [1.82, 2.24) is 9.55 Å². The molecule has 0 saturated heterocycles. The Morgan fingerprint density at radius 2 is 1.30 bits per heavy atom. The summed E-state index contributed by atoms with van der Waals surface area (Å²) in [5.41, 5.74) is 14.7. The Morgan fingerprint density at radius 3 is 1.96 bits per heavy atom. The van der Waals surface area contributed by atoms with Crippen molar-refractivity contribution in [1.29, 1.82) is 0 Å². The number of nitrogens with zero attached hydrogens (tertiary/aromatic N) is 2. The second-order valence-electron chi connectivity index (χ2n) is 13.8. The molecule has 0 aliphatic heterocycles. The van der Waals surface area contributed by atoms with Crippen molar-refractivity contribution in [3.8, 4) is 39.3 Å². The van der Waals surface area contributed by atoms with Gasteiger partial charge < -0.3 is 0 Å². The Labute approximate surface area is 274 Å². The van der Waals surface area contributed by atoms with E-state index in [-0.39, 0.29) is 10.8 Å². The first-order valence-electron chi connectivity index (χ1n) is 16.8. The van der Waals surface area contributed by atoms with E-state index in [9.17, 15) is 0 Å². The zero-order valence-electron chi connectivity index (χ0n) is 27.8. The monoisotopic (exact) mass is 600 g/mol. The van der Waals surface area contributed by atoms with Crippen LogP contribution in [0.5, 0.6) is 0 Å². The van der Waals surface area contributed by atoms with Crippen molar-refractivity contribution >= 4 is 0 Å². The van der Waals surface area contributed by atoms with E-state index in [0.29, 0.717) is 0 Å². The van der Waals surface area contributed by atoms with Crippen LogP contribution in [0, 0.1) is 5.41 Å². The first-order valence-corrected chi connectivity index (χ1v) is 16.8. The lowest BCUT2D eigenvalue weighted by atomic mass is 9.83. The molecular weight excluding hydrogens is 556 g/mol. The Kier molecular flexibility index (Phi) is 7.77. The number of aromatic nitrogens is 2. The highest BCUT2D eigenvalue weighted by molar-refractivity contribution is 5.79. The lowest BCUT2D eigenvalue weighted by Gasteiger charge is -2.23. The first kappa shape index (κ1) is 30.0. The minimum atomic E-state index is 0.0968. The fourth-order valence-corrected chi connectivity index (χ4v) is 7.56. The molecule has 7 rings (SSSR count). The van der Waals surface area contributed by atoms with E-state index in [1.807, 2.05) is 6.20 Å². The molecule has 0 amide bonds. The summed E-state index contributed by atoms with van der Waals surface area (Å²) in [5, 5.41) is 0. The summed E-state index contributed by atoms with van der Waals surface area (Å²) in [6, 6.07) is 42.4. The van der Waals surface area contributed by atoms with Gasteiger partial charge in [0.15, 0.2) is 0 Å². The second kappa shape index (κ2) is 11.9. The van der Waals surface area contributed by atoms with Crippen molar-refractivity contribution in [3.05, 3.63) is 155 Å². The Morgan fingerprint density at radius 1 is 0.652 bits per heavy atom. The van der Waals surface area contributed by atoms with Crippen molar-refractivity contribution < 1.29 is 0 Å². The topological polar surface area (TPSA) is 17.8 Å². The maximum Gasteiger partial charge on any atom is 0.144 e. The molecule has 1 aliphatic rings. The number of benzene rings is 5. The third-order valence-corrected chi connectivity index (χ3v) is 10.6. The molecule has 5 aromatic carbocycles. The van der Waals surface area contributed by atoms with Crippen LogP contribution < -0.4 is 0 Å². The maximum atomic E-state index is 5.12. The van der Waals surface area contributed by atoms with Crippen LogP contribution in [0.3, 0.4) is 0 Å². The van der Waals surface area contributed by atoms with Crippen molar-refractivity contribution in [2.75, 3.05) is 0 Å². The van der Waals surface area contributed by atoms with Crippen LogP contribution >= 0.6 is 0 Å². The predicted octanol–water partition coefficient (Wildman–Crippen LogP) is 11.3. The number of imidazole rings is 1. The van der Waals surface area contributed by atoms with Gasteiger partial charge in [-0.3, -0.25) is 4.57 Å². The van der Waals surface area contributed by atoms with E-state index in [1.165, 1.54) is 67.7 Å². The van der Waals surface area contributed by atoms with Gasteiger partial charge >= 0.3 is 0 Å². The number of hydrogen-bond donors (Lipinski definition) is 0. The largest absolute Gasteiger partial charge is 0.300 e. The minimum Gasteiger partial charge on any atom is -0.300 e. The van der Waals surface area contributed by atoms with Crippen LogP contribution in [-0.4, -0.2) is 9.55 Å². The van der Waals surface area contributed by atoms with E-state index in [4.69, 9.17) is 4.98 Å². The summed E-state index contributed by atoms with van der Waals surface area (Å²) in [6.07, 6.45) is 8.16. The fraction of sp³-hybridized carbons (Fsp3) is 0.250. The molecule has 2 nitrogen and oxygen atoms in total. The number of hydrogen-bond acceptors (Lipinski definition) is 1. The van der Waals surface area contributed by atoms with Gasteiger partial charge in [-0.25, -0.2) is 4.98 Å². The molecule has 0 bridgehead atoms. The summed E-state index contributed by atoms with van der Waals surface area (Å²) in [6.45, 7) is 11.8. The fourth-order valence-electron chi connectivity index (χ4n) is 7.56. The third kappa shape index (κ3) is 5.30. The van der Waals surface area contributed by atoms with E-state index in [0.717, 1.165) is 25.1 Å². The van der Waals surface area contributed by atoms with Gasteiger partial charge in [-0.05, 0) is 105 Å². The maximum absolute atomic E-state index is 5.12. The molecule has 1 unspecified atom stereocenters. The van der Waals surface area contributed by atoms with Gasteiger partial charge in [0, 0.05) is 18.0 Å². The van der Waals surface area contributed by atoms with Crippen LogP contribution in [0.1, 0.15) is 68.9 Å². The molecule has 46 heavy (non-hydrogen) atoms. The zero-order chi connectivity index (χ0) is 31.9. The van der Waals surface area contributed by atoms with E-state index in [1.54, 1.807) is 0 Å². The third-order valence-electron chi connectivity index (χ3n) is 10.6. The highest BCUT2D eigenvalue weighted by atomic mass is 15.1. The molecule has 1 fully saturated rings. The van der Waals surface area contributed by atoms with Crippen LogP contribution in [-0.2, 0) is 24.7 Å². The predicted molar refractivity (Wildman–Crippen MR) is 194 cm³/mol. The molecule has 1 aromatic heterocycles. The Bertz CT molecular complexity index is 1980. The first-order chi connectivity index (χ1) is 22.3. The normalized spacial score (nSPS) is 16.8. The van der Waals surface area contributed by atoms with Crippen LogP contribution in [0.25, 0.3) is 39.3 Å². The van der Waals surface area contributed by atoms with Gasteiger partial charge in [0.2, 0.25) is 0 Å². The summed E-state index contributed by atoms with van der Waals surface area (Å²) >= 11 is 0. The molecule has 1 heterocycles. The molecule has 0 spiro atoms. The van der Waals surface area contributed by atoms with Gasteiger partial charge in [-0.1, -0.05) is 132 Å². The molecule has 1 saturated carbocycles. The molecule has 0 N–H and O–H groups in total. The second-order valence-corrected chi connectivity index (χ2v) is 13.8. The van der Waals surface area contributed by atoms with Gasteiger partial charge in [-0.15, -0.1) is 0 Å². The molecule has 0 radical (unpaired) electrons. The lowest BCUT2D eigenvalue weighted by molar-refractivity contribution is 0.529. The highest BCUT2D eigenvalue weighted by Gasteiger charge is 2.59. The van der Waals surface area contributed by atoms with E-state index < -0.39 is 0 Å². The van der Waals surface area contributed by atoms with Gasteiger partial charge in [0.05, 0.1) is 5.69 Å². The zero-order valence-corrected chi connectivity index (χ0v) is 27.8. The molecule has 1 atom stereocenters. The quantitative estimate of drug-likeness (QED) is 0.161. The summed E-state index contributed by atoms with van der Waals surface area (Å²) in [7, 11) is 0. The molecular formula is C44H44N2. The van der Waals surface area contributed by atoms with Gasteiger partial charge in [0.1, 0.15) is 5.82 Å². The molecule has 2 heteroatoms. The van der Waals surface area contributed by atoms with Crippen LogP contribution in [0.2, 0.25) is 0 Å². The smallest absolute Gasteiger partial charge is 0.144 e. The standard InChI is InChI=1S/C44H44N2/c1-6-32-19-14-20-33(7-2)41(32)36-21-23-39(44(5)30-43(44,3)4)38(29-36)42-45-25-26-46(42)40-24-22-35(34-17-12-9-13-18-34)28-37(40)27-31-15-10-8-11-16-31/h8-26,28-29H,6-7,27,30H2,1-5H3. The lowest BCUT2D eigenvalue weighted by Crippen LogP contribution is -2.13.